The SMILES string of the molecule is CCCCCCCCCCCCCC/C=C\CCCCCCCCCCCC(=O)NC(COP(=O)(O)OCC[N+](C)(C)C)C(O)/C=C/CCCCCCCCCCCCCCCCCC. The maximum atomic E-state index is 13.0. The number of phosphoric acid groups is 1. The Morgan fingerprint density at radius 3 is 1.18 bits per heavy atom. The summed E-state index contributed by atoms with van der Waals surface area (Å²) in [5, 5.41) is 13.9. The van der Waals surface area contributed by atoms with Gasteiger partial charge in [0.25, 0.3) is 0 Å². The smallest absolute Gasteiger partial charge is 0.387 e. The number of hydrogen-bond donors (Lipinski definition) is 3. The fourth-order valence-electron chi connectivity index (χ4n) is 8.45. The molecule has 0 aliphatic heterocycles. The highest BCUT2D eigenvalue weighted by molar-refractivity contribution is 7.47. The molecule has 3 atom stereocenters. The molecule has 0 aliphatic carbocycles. The number of likely N-dealkylation sites (N-methyl/N-ethyl adjacent to an activating group) is 1. The van der Waals surface area contributed by atoms with E-state index in [9.17, 15) is 19.4 Å². The summed E-state index contributed by atoms with van der Waals surface area (Å²) in [6.45, 7) is 4.85. The predicted molar refractivity (Wildman–Crippen MR) is 281 cm³/mol. The van der Waals surface area contributed by atoms with E-state index < -0.39 is 20.0 Å². The van der Waals surface area contributed by atoms with Crippen LogP contribution in [0.3, 0.4) is 0 Å². The molecule has 0 aliphatic rings. The van der Waals surface area contributed by atoms with Gasteiger partial charge in [-0.2, -0.15) is 0 Å². The number of carbonyl (C=O) groups is 1. The van der Waals surface area contributed by atoms with Crippen LogP contribution >= 0.6 is 7.82 Å². The average Bonchev–Trinajstić information content (AvgIpc) is 3.26. The van der Waals surface area contributed by atoms with Crippen LogP contribution in [0.15, 0.2) is 24.3 Å². The third-order valence-corrected chi connectivity index (χ3v) is 13.9. The number of quaternary nitrogens is 1. The first kappa shape index (κ1) is 64.0. The monoisotopic (exact) mass is 940 g/mol. The van der Waals surface area contributed by atoms with Crippen molar-refractivity contribution in [1.82, 2.24) is 5.32 Å². The van der Waals surface area contributed by atoms with E-state index in [1.165, 1.54) is 218 Å². The molecule has 1 amide bonds. The van der Waals surface area contributed by atoms with Gasteiger partial charge >= 0.3 is 7.82 Å². The van der Waals surface area contributed by atoms with E-state index in [0.29, 0.717) is 17.4 Å². The molecule has 0 fully saturated rings. The van der Waals surface area contributed by atoms with Crippen molar-refractivity contribution in [2.24, 2.45) is 0 Å². The third kappa shape index (κ3) is 50.7. The van der Waals surface area contributed by atoms with Gasteiger partial charge in [-0.1, -0.05) is 250 Å². The lowest BCUT2D eigenvalue weighted by Crippen LogP contribution is -2.45. The van der Waals surface area contributed by atoms with Crippen LogP contribution in [-0.4, -0.2) is 73.4 Å². The molecule has 0 aromatic heterocycles. The van der Waals surface area contributed by atoms with E-state index in [0.717, 1.165) is 38.5 Å². The number of amides is 1. The Kier molecular flexibility index (Phi) is 47.3. The van der Waals surface area contributed by atoms with Gasteiger partial charge in [-0.25, -0.2) is 4.57 Å². The Labute approximate surface area is 404 Å². The molecule has 386 valence electrons. The normalized spacial score (nSPS) is 14.1. The van der Waals surface area contributed by atoms with Gasteiger partial charge in [0.05, 0.1) is 39.9 Å². The minimum absolute atomic E-state index is 0.0628. The predicted octanol–water partition coefficient (Wildman–Crippen LogP) is 16.8. The van der Waals surface area contributed by atoms with Crippen molar-refractivity contribution >= 4 is 13.7 Å². The van der Waals surface area contributed by atoms with Crippen molar-refractivity contribution in [3.8, 4) is 0 Å². The lowest BCUT2D eigenvalue weighted by Gasteiger charge is -2.25. The maximum absolute atomic E-state index is 13.0. The minimum Gasteiger partial charge on any atom is -0.387 e. The van der Waals surface area contributed by atoms with Crippen molar-refractivity contribution in [2.75, 3.05) is 40.9 Å². The lowest BCUT2D eigenvalue weighted by molar-refractivity contribution is -0.870. The molecule has 0 saturated carbocycles. The van der Waals surface area contributed by atoms with Crippen LogP contribution in [0, 0.1) is 0 Å². The quantitative estimate of drug-likeness (QED) is 0.0243. The number of allylic oxidation sites excluding steroid dienone is 3. The number of nitrogens with one attached hydrogen (secondary N) is 1. The minimum atomic E-state index is -4.34. The first-order chi connectivity index (χ1) is 31.5. The molecule has 3 N–H and O–H groups in total. The van der Waals surface area contributed by atoms with Crippen molar-refractivity contribution in [3.63, 3.8) is 0 Å². The topological polar surface area (TPSA) is 105 Å². The van der Waals surface area contributed by atoms with Crippen molar-refractivity contribution in [2.45, 2.75) is 289 Å². The molecule has 0 radical (unpaired) electrons. The Morgan fingerprint density at radius 2 is 0.831 bits per heavy atom. The summed E-state index contributed by atoms with van der Waals surface area (Å²) in [6.07, 6.45) is 59.8. The molecule has 8 nitrogen and oxygen atoms in total. The van der Waals surface area contributed by atoms with Crippen LogP contribution in [0.25, 0.3) is 0 Å². The fourth-order valence-corrected chi connectivity index (χ4v) is 9.19. The zero-order valence-corrected chi connectivity index (χ0v) is 44.9. The molecule has 0 aromatic carbocycles. The van der Waals surface area contributed by atoms with Crippen LogP contribution < -0.4 is 5.32 Å². The Balaban J connectivity index is 4.20. The molecule has 0 aromatic rings. The first-order valence-corrected chi connectivity index (χ1v) is 29.7. The van der Waals surface area contributed by atoms with E-state index in [1.54, 1.807) is 6.08 Å². The zero-order valence-electron chi connectivity index (χ0n) is 44.0. The van der Waals surface area contributed by atoms with E-state index in [4.69, 9.17) is 9.05 Å². The Hall–Kier alpha value is -1.02. The molecule has 0 rings (SSSR count). The van der Waals surface area contributed by atoms with Gasteiger partial charge in [-0.3, -0.25) is 13.8 Å². The van der Waals surface area contributed by atoms with E-state index in [1.807, 2.05) is 27.2 Å². The highest BCUT2D eigenvalue weighted by atomic mass is 31.2. The summed E-state index contributed by atoms with van der Waals surface area (Å²) in [4.78, 5) is 23.3. The van der Waals surface area contributed by atoms with Gasteiger partial charge in [-0.05, 0) is 44.9 Å². The maximum Gasteiger partial charge on any atom is 0.472 e. The molecule has 9 heteroatoms. The molecule has 3 unspecified atom stereocenters. The molecule has 0 saturated heterocycles. The van der Waals surface area contributed by atoms with Crippen molar-refractivity contribution in [3.05, 3.63) is 24.3 Å². The average molecular weight is 940 g/mol. The van der Waals surface area contributed by atoms with Crippen LogP contribution in [0.1, 0.15) is 277 Å². The van der Waals surface area contributed by atoms with Crippen molar-refractivity contribution < 1.29 is 32.9 Å². The number of aliphatic hydroxyl groups excluding tert-OH is 1. The molecule has 0 spiro atoms. The largest absolute Gasteiger partial charge is 0.472 e. The summed E-state index contributed by atoms with van der Waals surface area (Å²) in [7, 11) is 1.58. The van der Waals surface area contributed by atoms with Crippen LogP contribution in [0.4, 0.5) is 0 Å². The lowest BCUT2D eigenvalue weighted by atomic mass is 10.0. The van der Waals surface area contributed by atoms with Gasteiger partial charge in [-0.15, -0.1) is 0 Å². The first-order valence-electron chi connectivity index (χ1n) is 28.2. The number of rotatable bonds is 52. The van der Waals surface area contributed by atoms with E-state index in [2.05, 4.69) is 31.3 Å². The van der Waals surface area contributed by atoms with Gasteiger partial charge in [0.1, 0.15) is 13.2 Å². The van der Waals surface area contributed by atoms with Crippen molar-refractivity contribution in [1.29, 1.82) is 0 Å². The van der Waals surface area contributed by atoms with E-state index >= 15 is 0 Å². The Morgan fingerprint density at radius 1 is 0.508 bits per heavy atom. The third-order valence-electron chi connectivity index (χ3n) is 12.9. The Bertz CT molecular complexity index is 1110. The standard InChI is InChI=1S/C56H111N2O6P/c1-6-8-10-12-14-16-18-20-22-24-26-27-28-29-30-31-32-34-36-38-40-42-44-46-48-50-56(60)57-54(53-64-65(61,62)63-52-51-58(3,4)5)55(59)49-47-45-43-41-39-37-35-33-25-23-21-19-17-15-13-11-9-7-2/h29-30,47,49,54-55,59H,6-28,31-46,48,50-53H2,1-5H3,(H-,57,60,61,62)/p+1/b30-29-,49-47+. The summed E-state index contributed by atoms with van der Waals surface area (Å²) in [6, 6.07) is -0.846. The molecule has 0 bridgehead atoms. The van der Waals surface area contributed by atoms with Gasteiger partial charge in [0.15, 0.2) is 0 Å². The highest BCUT2D eigenvalue weighted by Gasteiger charge is 2.27. The molecular weight excluding hydrogens is 828 g/mol. The molecular formula is C56H112N2O6P+. The van der Waals surface area contributed by atoms with Crippen LogP contribution in [-0.2, 0) is 18.4 Å². The number of unbranched alkanes of at least 4 members (excludes halogenated alkanes) is 37. The molecule has 0 heterocycles. The highest BCUT2D eigenvalue weighted by Crippen LogP contribution is 2.43. The summed E-state index contributed by atoms with van der Waals surface area (Å²) in [5.74, 6) is -0.175. The van der Waals surface area contributed by atoms with Gasteiger partial charge in [0.2, 0.25) is 5.91 Å². The number of aliphatic hydroxyl groups is 1. The number of carbonyl (C=O) groups excluding carboxylic acids is 1. The van der Waals surface area contributed by atoms with Crippen LogP contribution in [0.2, 0.25) is 0 Å². The zero-order chi connectivity index (χ0) is 47.8. The second kappa shape index (κ2) is 48.0. The number of phosphoric ester groups is 1. The van der Waals surface area contributed by atoms with Gasteiger partial charge in [0, 0.05) is 6.42 Å². The summed E-state index contributed by atoms with van der Waals surface area (Å²) in [5.41, 5.74) is 0. The summed E-state index contributed by atoms with van der Waals surface area (Å²) < 4.78 is 23.7. The van der Waals surface area contributed by atoms with Crippen LogP contribution in [0.5, 0.6) is 0 Å². The number of nitrogens with zero attached hydrogens (tertiary/aromatic N) is 1. The molecule has 65 heavy (non-hydrogen) atoms. The summed E-state index contributed by atoms with van der Waals surface area (Å²) >= 11 is 0. The van der Waals surface area contributed by atoms with E-state index in [-0.39, 0.29) is 19.1 Å². The fraction of sp³-hybridized carbons (Fsp3) is 0.911. The number of hydrogen-bond acceptors (Lipinski definition) is 5. The van der Waals surface area contributed by atoms with Gasteiger partial charge < -0.3 is 19.8 Å². The second-order valence-electron chi connectivity index (χ2n) is 20.7. The second-order valence-corrected chi connectivity index (χ2v) is 22.1.